The maximum absolute atomic E-state index is 7.40. The fraction of sp³-hybridized carbons (Fsp3) is 0.417. The van der Waals surface area contributed by atoms with E-state index in [1.807, 2.05) is 26.0 Å². The first-order chi connectivity index (χ1) is 7.56. The number of rotatable bonds is 5. The molecule has 0 radical (unpaired) electrons. The van der Waals surface area contributed by atoms with Crippen molar-refractivity contribution in [2.75, 3.05) is 18.6 Å². The molecule has 0 aliphatic heterocycles. The van der Waals surface area contributed by atoms with E-state index in [1.54, 1.807) is 11.8 Å². The van der Waals surface area contributed by atoms with Crippen LogP contribution in [0.2, 0.25) is 0 Å². The maximum atomic E-state index is 7.40. The third kappa shape index (κ3) is 3.17. The van der Waals surface area contributed by atoms with Crippen molar-refractivity contribution in [1.29, 1.82) is 5.41 Å². The van der Waals surface area contributed by atoms with Gasteiger partial charge in [-0.05, 0) is 43.4 Å². The van der Waals surface area contributed by atoms with Crippen molar-refractivity contribution in [3.63, 3.8) is 0 Å². The van der Waals surface area contributed by atoms with Gasteiger partial charge in [0.25, 0.3) is 0 Å². The maximum Gasteiger partial charge on any atom is 0.125 e. The van der Waals surface area contributed by atoms with Gasteiger partial charge in [-0.15, -0.1) is 0 Å². The van der Waals surface area contributed by atoms with Crippen LogP contribution in [-0.4, -0.2) is 24.5 Å². The molecule has 0 fully saturated rings. The van der Waals surface area contributed by atoms with Gasteiger partial charge in [0, 0.05) is 11.3 Å². The van der Waals surface area contributed by atoms with Gasteiger partial charge < -0.3 is 10.5 Å². The molecular formula is C12H18N2OS. The van der Waals surface area contributed by atoms with Crippen LogP contribution in [0.25, 0.3) is 0 Å². The topological polar surface area (TPSA) is 59.1 Å². The molecule has 0 spiro atoms. The predicted octanol–water partition coefficient (Wildman–Crippen LogP) is 2.33. The van der Waals surface area contributed by atoms with Gasteiger partial charge in [0.1, 0.15) is 11.6 Å². The number of nitrogens with one attached hydrogen (secondary N) is 1. The first-order valence-corrected chi connectivity index (χ1v) is 6.53. The number of nitrogens with two attached hydrogens (primary N) is 1. The molecule has 0 bridgehead atoms. The molecule has 16 heavy (non-hydrogen) atoms. The summed E-state index contributed by atoms with van der Waals surface area (Å²) >= 11 is 1.76. The Labute approximate surface area is 101 Å². The van der Waals surface area contributed by atoms with Crippen LogP contribution in [0.5, 0.6) is 5.75 Å². The van der Waals surface area contributed by atoms with Crippen LogP contribution < -0.4 is 10.5 Å². The summed E-state index contributed by atoms with van der Waals surface area (Å²) in [6.07, 6.45) is 2.06. The number of hydrogen-bond donors (Lipinski definition) is 2. The number of thioether (sulfide) groups is 1. The predicted molar refractivity (Wildman–Crippen MR) is 70.8 cm³/mol. The van der Waals surface area contributed by atoms with E-state index >= 15 is 0 Å². The molecule has 3 N–H and O–H groups in total. The highest BCUT2D eigenvalue weighted by Gasteiger charge is 2.07. The highest BCUT2D eigenvalue weighted by molar-refractivity contribution is 7.98. The zero-order valence-electron chi connectivity index (χ0n) is 9.96. The van der Waals surface area contributed by atoms with Crippen molar-refractivity contribution in [1.82, 2.24) is 0 Å². The summed E-state index contributed by atoms with van der Waals surface area (Å²) in [6, 6.07) is 3.79. The van der Waals surface area contributed by atoms with Gasteiger partial charge in [-0.2, -0.15) is 11.8 Å². The number of aryl methyl sites for hydroxylation is 2. The summed E-state index contributed by atoms with van der Waals surface area (Å²) in [6.45, 7) is 4.67. The highest BCUT2D eigenvalue weighted by Crippen LogP contribution is 2.24. The third-order valence-electron chi connectivity index (χ3n) is 2.31. The summed E-state index contributed by atoms with van der Waals surface area (Å²) in [5, 5.41) is 7.40. The molecule has 0 heterocycles. The zero-order valence-corrected chi connectivity index (χ0v) is 10.8. The fourth-order valence-corrected chi connectivity index (χ4v) is 1.81. The second kappa shape index (κ2) is 5.80. The highest BCUT2D eigenvalue weighted by atomic mass is 32.2. The zero-order chi connectivity index (χ0) is 12.1. The van der Waals surface area contributed by atoms with Crippen molar-refractivity contribution < 1.29 is 4.74 Å². The molecule has 0 amide bonds. The Kier molecular flexibility index (Phi) is 4.68. The Morgan fingerprint density at radius 3 is 2.38 bits per heavy atom. The lowest BCUT2D eigenvalue weighted by atomic mass is 10.1. The molecule has 0 aromatic heterocycles. The summed E-state index contributed by atoms with van der Waals surface area (Å²) in [7, 11) is 0. The van der Waals surface area contributed by atoms with E-state index in [0.29, 0.717) is 6.61 Å². The van der Waals surface area contributed by atoms with Crippen LogP contribution in [0, 0.1) is 19.3 Å². The third-order valence-corrected chi connectivity index (χ3v) is 2.88. The van der Waals surface area contributed by atoms with E-state index in [2.05, 4.69) is 6.26 Å². The molecule has 1 aromatic carbocycles. The summed E-state index contributed by atoms with van der Waals surface area (Å²) in [4.78, 5) is 0. The van der Waals surface area contributed by atoms with Crippen LogP contribution in [0.1, 0.15) is 16.7 Å². The lowest BCUT2D eigenvalue weighted by Crippen LogP contribution is -2.12. The van der Waals surface area contributed by atoms with Gasteiger partial charge in [-0.25, -0.2) is 0 Å². The first kappa shape index (κ1) is 12.9. The Balaban J connectivity index is 2.89. The van der Waals surface area contributed by atoms with E-state index < -0.39 is 0 Å². The van der Waals surface area contributed by atoms with E-state index in [-0.39, 0.29) is 5.84 Å². The van der Waals surface area contributed by atoms with Crippen LogP contribution >= 0.6 is 11.8 Å². The van der Waals surface area contributed by atoms with Crippen molar-refractivity contribution >= 4 is 17.6 Å². The molecule has 0 aliphatic rings. The largest absolute Gasteiger partial charge is 0.492 e. The van der Waals surface area contributed by atoms with E-state index in [0.717, 1.165) is 28.2 Å². The fourth-order valence-electron chi connectivity index (χ4n) is 1.56. The standard InChI is InChI=1S/C12H18N2OS/c1-8-6-10(12(13)14)7-9(2)11(8)15-4-5-16-3/h6-7H,4-5H2,1-3H3,(H3,13,14). The van der Waals surface area contributed by atoms with Crippen LogP contribution in [0.3, 0.4) is 0 Å². The SMILES string of the molecule is CSCCOc1c(C)cc(C(=N)N)cc1C. The quantitative estimate of drug-likeness (QED) is 0.470. The first-order valence-electron chi connectivity index (χ1n) is 5.13. The van der Waals surface area contributed by atoms with E-state index in [4.69, 9.17) is 15.9 Å². The average molecular weight is 238 g/mol. The molecule has 3 nitrogen and oxygen atoms in total. The smallest absolute Gasteiger partial charge is 0.125 e. The second-order valence-electron chi connectivity index (χ2n) is 3.69. The van der Waals surface area contributed by atoms with Crippen molar-refractivity contribution in [2.45, 2.75) is 13.8 Å². The molecule has 0 aliphatic carbocycles. The number of amidine groups is 1. The molecule has 0 atom stereocenters. The lowest BCUT2D eigenvalue weighted by molar-refractivity contribution is 0.339. The Bertz CT molecular complexity index is 368. The van der Waals surface area contributed by atoms with Crippen LogP contribution in [0.15, 0.2) is 12.1 Å². The second-order valence-corrected chi connectivity index (χ2v) is 4.68. The van der Waals surface area contributed by atoms with Gasteiger partial charge >= 0.3 is 0 Å². The molecule has 0 saturated heterocycles. The summed E-state index contributed by atoms with van der Waals surface area (Å²) in [5.41, 5.74) is 8.29. The average Bonchev–Trinajstić information content (AvgIpc) is 2.21. The Morgan fingerprint density at radius 2 is 1.94 bits per heavy atom. The number of benzene rings is 1. The lowest BCUT2D eigenvalue weighted by Gasteiger charge is -2.13. The van der Waals surface area contributed by atoms with Crippen molar-refractivity contribution in [3.05, 3.63) is 28.8 Å². The molecule has 4 heteroatoms. The van der Waals surface area contributed by atoms with Crippen molar-refractivity contribution in [2.24, 2.45) is 5.73 Å². The Hall–Kier alpha value is -1.16. The molecule has 88 valence electrons. The molecular weight excluding hydrogens is 220 g/mol. The van der Waals surface area contributed by atoms with Gasteiger partial charge in [-0.3, -0.25) is 5.41 Å². The molecule has 0 unspecified atom stereocenters. The minimum absolute atomic E-state index is 0.0989. The monoisotopic (exact) mass is 238 g/mol. The van der Waals surface area contributed by atoms with Crippen LogP contribution in [-0.2, 0) is 0 Å². The number of hydrogen-bond acceptors (Lipinski definition) is 3. The number of nitrogen functional groups attached to an aromatic ring is 1. The molecule has 1 rings (SSSR count). The van der Waals surface area contributed by atoms with Gasteiger partial charge in [0.15, 0.2) is 0 Å². The van der Waals surface area contributed by atoms with Gasteiger partial charge in [0.05, 0.1) is 6.61 Å². The molecule has 0 saturated carbocycles. The van der Waals surface area contributed by atoms with Gasteiger partial charge in [0.2, 0.25) is 0 Å². The van der Waals surface area contributed by atoms with Gasteiger partial charge in [-0.1, -0.05) is 0 Å². The summed E-state index contributed by atoms with van der Waals surface area (Å²) < 4.78 is 5.71. The number of ether oxygens (including phenoxy) is 1. The molecule has 1 aromatic rings. The van der Waals surface area contributed by atoms with E-state index in [9.17, 15) is 0 Å². The Morgan fingerprint density at radius 1 is 1.38 bits per heavy atom. The van der Waals surface area contributed by atoms with Crippen LogP contribution in [0.4, 0.5) is 0 Å². The van der Waals surface area contributed by atoms with E-state index in [1.165, 1.54) is 0 Å². The minimum atomic E-state index is 0.0989. The summed E-state index contributed by atoms with van der Waals surface area (Å²) in [5.74, 6) is 1.99. The normalized spacial score (nSPS) is 10.2. The minimum Gasteiger partial charge on any atom is -0.492 e. The van der Waals surface area contributed by atoms with Crippen molar-refractivity contribution in [3.8, 4) is 5.75 Å².